The summed E-state index contributed by atoms with van der Waals surface area (Å²) in [5.74, 6) is -1.62. The van der Waals surface area contributed by atoms with E-state index in [1.54, 1.807) is 0 Å². The van der Waals surface area contributed by atoms with Gasteiger partial charge in [-0.05, 0) is 167 Å². The van der Waals surface area contributed by atoms with Crippen LogP contribution in [0.5, 0.6) is 0 Å². The van der Waals surface area contributed by atoms with Gasteiger partial charge in [-0.3, -0.25) is 32.5 Å². The summed E-state index contributed by atoms with van der Waals surface area (Å²) in [5.41, 5.74) is 0. The van der Waals surface area contributed by atoms with E-state index in [9.17, 15) is 43.5 Å². The molecular weight excluding hydrogens is 1630 g/mol. The van der Waals surface area contributed by atoms with Gasteiger partial charge in [-0.2, -0.15) is 0 Å². The quantitative estimate of drug-likeness (QED) is 0.0146. The van der Waals surface area contributed by atoms with Gasteiger partial charge in [-0.1, -0.05) is 426 Å². The molecule has 0 spiro atoms. The molecule has 0 aromatic heterocycles. The lowest BCUT2D eigenvalue weighted by molar-refractivity contribution is -0.161. The van der Waals surface area contributed by atoms with Crippen molar-refractivity contribution < 1.29 is 75.8 Å². The Morgan fingerprint density at radius 3 is 0.638 bits per heavy atom. The van der Waals surface area contributed by atoms with Gasteiger partial charge in [0.25, 0.3) is 0 Å². The molecule has 0 aromatic carbocycles. The fourth-order valence-corrected chi connectivity index (χ4v) is 15.1. The molecule has 0 amide bonds. The SMILES string of the molecule is CC/C=C\C/C=C\C/C=C\C/C=C\C/C=C\C/C=C\CCCCCCCCCCCCCCCCCCC(=O)OCC(O)COP(=O)(O)OCC(O)COP(=O)(O)OCC(COC(=O)CCCCCCCCCCCCCCCCCCCCC/C=C\C/C=C\C/C=C\C/C=C\C/C=C\CC)OC(=O)CCCC/C=C\C/C=C\C/C=C\C/C=C\C/C=C\C/C=C\CC. The number of hydrogen-bond donors (Lipinski definition) is 4. The summed E-state index contributed by atoms with van der Waals surface area (Å²) in [6, 6.07) is 0. The van der Waals surface area contributed by atoms with E-state index in [2.05, 4.69) is 227 Å². The van der Waals surface area contributed by atoms with Crippen LogP contribution < -0.4 is 0 Å². The largest absolute Gasteiger partial charge is 0.472 e. The highest BCUT2D eigenvalue weighted by atomic mass is 31.2. The minimum absolute atomic E-state index is 0.0454. The zero-order chi connectivity index (χ0) is 92.1. The van der Waals surface area contributed by atoms with Gasteiger partial charge in [0.1, 0.15) is 25.4 Å². The normalized spacial score (nSPS) is 14.5. The first-order valence-corrected chi connectivity index (χ1v) is 53.4. The molecule has 0 heterocycles. The van der Waals surface area contributed by atoms with Gasteiger partial charge in [0.05, 0.1) is 26.4 Å². The molecule has 0 bridgehead atoms. The van der Waals surface area contributed by atoms with Crippen molar-refractivity contribution in [2.45, 2.75) is 424 Å². The first-order valence-electron chi connectivity index (χ1n) is 50.4. The van der Waals surface area contributed by atoms with Crippen LogP contribution in [0.4, 0.5) is 0 Å². The number of ether oxygens (including phenoxy) is 3. The van der Waals surface area contributed by atoms with Crippen molar-refractivity contribution in [3.05, 3.63) is 207 Å². The molecule has 0 radical (unpaired) electrons. The molecule has 0 saturated heterocycles. The Bertz CT molecular complexity index is 3140. The van der Waals surface area contributed by atoms with E-state index in [0.29, 0.717) is 25.7 Å². The van der Waals surface area contributed by atoms with Crippen molar-refractivity contribution in [1.29, 1.82) is 0 Å². The van der Waals surface area contributed by atoms with Gasteiger partial charge in [0, 0.05) is 19.3 Å². The van der Waals surface area contributed by atoms with Crippen LogP contribution in [0.3, 0.4) is 0 Å². The van der Waals surface area contributed by atoms with Crippen LogP contribution in [0, 0.1) is 0 Å². The van der Waals surface area contributed by atoms with E-state index < -0.39 is 91.5 Å². The Kier molecular flexibility index (Phi) is 94.6. The first-order chi connectivity index (χ1) is 62.2. The molecule has 16 nitrogen and oxygen atoms in total. The molecule has 5 atom stereocenters. The van der Waals surface area contributed by atoms with Crippen LogP contribution in [0.25, 0.3) is 0 Å². The highest BCUT2D eigenvalue weighted by molar-refractivity contribution is 7.47. The molecule has 0 rings (SSSR count). The second kappa shape index (κ2) is 99.1. The summed E-state index contributed by atoms with van der Waals surface area (Å²) in [6.45, 7) is 2.33. The molecule has 0 aromatic rings. The van der Waals surface area contributed by atoms with Gasteiger partial charge in [-0.15, -0.1) is 0 Å². The van der Waals surface area contributed by atoms with E-state index >= 15 is 0 Å². The van der Waals surface area contributed by atoms with Gasteiger partial charge >= 0.3 is 33.6 Å². The molecule has 4 N–H and O–H groups in total. The molecule has 0 aliphatic heterocycles. The van der Waals surface area contributed by atoms with E-state index in [-0.39, 0.29) is 19.3 Å². The summed E-state index contributed by atoms with van der Waals surface area (Å²) in [5, 5.41) is 20.8. The van der Waals surface area contributed by atoms with Crippen molar-refractivity contribution in [2.75, 3.05) is 39.6 Å². The molecule has 0 aliphatic rings. The topological polar surface area (TPSA) is 231 Å². The average molecular weight is 1810 g/mol. The van der Waals surface area contributed by atoms with Crippen LogP contribution in [0.2, 0.25) is 0 Å². The monoisotopic (exact) mass is 1810 g/mol. The minimum Gasteiger partial charge on any atom is -0.463 e. The highest BCUT2D eigenvalue weighted by Gasteiger charge is 2.30. The third-order valence-electron chi connectivity index (χ3n) is 21.0. The smallest absolute Gasteiger partial charge is 0.463 e. The fourth-order valence-electron chi connectivity index (χ4n) is 13.5. The van der Waals surface area contributed by atoms with Gasteiger partial charge < -0.3 is 34.2 Å². The van der Waals surface area contributed by atoms with E-state index in [1.807, 2.05) is 0 Å². The Morgan fingerprint density at radius 1 is 0.220 bits per heavy atom. The molecular formula is C109H182O16P2. The predicted octanol–water partition coefficient (Wildman–Crippen LogP) is 31.9. The van der Waals surface area contributed by atoms with Crippen molar-refractivity contribution in [1.82, 2.24) is 0 Å². The van der Waals surface area contributed by atoms with Crippen molar-refractivity contribution >= 4 is 33.6 Å². The minimum atomic E-state index is -4.96. The predicted molar refractivity (Wildman–Crippen MR) is 537 cm³/mol. The number of rotatable bonds is 94. The lowest BCUT2D eigenvalue weighted by atomic mass is 10.0. The average Bonchev–Trinajstić information content (AvgIpc) is 0.893. The lowest BCUT2D eigenvalue weighted by Gasteiger charge is -2.21. The molecule has 0 saturated carbocycles. The highest BCUT2D eigenvalue weighted by Crippen LogP contribution is 2.45. The van der Waals surface area contributed by atoms with Crippen LogP contribution in [-0.4, -0.2) is 95.9 Å². The van der Waals surface area contributed by atoms with E-state index in [0.717, 1.165) is 154 Å². The van der Waals surface area contributed by atoms with Crippen LogP contribution in [-0.2, 0) is 55.8 Å². The summed E-state index contributed by atoms with van der Waals surface area (Å²) in [4.78, 5) is 59.1. The molecule has 5 unspecified atom stereocenters. The second-order valence-corrected chi connectivity index (χ2v) is 36.0. The number of aliphatic hydroxyl groups is 2. The van der Waals surface area contributed by atoms with E-state index in [1.165, 1.54) is 186 Å². The van der Waals surface area contributed by atoms with Crippen molar-refractivity contribution in [3.8, 4) is 0 Å². The Hall–Kier alpha value is -5.87. The molecule has 127 heavy (non-hydrogen) atoms. The summed E-state index contributed by atoms with van der Waals surface area (Å²) in [6.07, 6.45) is 135. The number of carbonyl (C=O) groups is 3. The number of esters is 3. The molecule has 724 valence electrons. The standard InChI is InChI=1S/C109H182O16P2/c1-4-7-10-13-16-19-22-25-28-31-34-37-39-41-43-45-47-49-51-53-55-57-59-61-63-66-68-71-74-77-80-83-86-89-92-95-107(112)119-98-104(110)99-121-126(115,116)122-100-105(111)101-123-127(117,118)124-103-106(125-109(114)97-94-91-88-85-82-79-76-73-70-65-36-33-30-27-24-21-18-15-12-9-6-3)102-120-108(113)96-93-90-87-84-81-78-75-72-69-67-64-62-60-58-56-54-52-50-48-46-44-42-40-38-35-32-29-26-23-20-17-14-11-8-5-2/h7-12,16-21,25-30,34-38,41-44,47,49,65,73,76,82,85,104-106,110-111H,4-6,13-15,22-24,31-33,39-40,45-46,48,50-64,66-72,74-75,77-81,83-84,86-103H2,1-3H3,(H,115,116)(H,117,118)/b10-7-,11-8-,12-9-,19-16-,20-17-,21-18-,28-25-,29-26-,30-27-,37-34-,38-35-,43-41-,44-42-,49-47-,65-36-,76-73-,85-82-. The first kappa shape index (κ1) is 121. The maximum atomic E-state index is 13.1. The molecule has 18 heteroatoms. The zero-order valence-electron chi connectivity index (χ0n) is 80.1. The summed E-state index contributed by atoms with van der Waals surface area (Å²) in [7, 11) is -9.84. The zero-order valence-corrected chi connectivity index (χ0v) is 81.9. The third-order valence-corrected chi connectivity index (χ3v) is 22.9. The third kappa shape index (κ3) is 101. The molecule has 0 aliphatic carbocycles. The Balaban J connectivity index is 4.55. The van der Waals surface area contributed by atoms with Gasteiger partial charge in [-0.25, -0.2) is 9.13 Å². The number of phosphoric acid groups is 2. The fraction of sp³-hybridized carbons (Fsp3) is 0.661. The Labute approximate surface area is 775 Å². The maximum Gasteiger partial charge on any atom is 0.472 e. The number of allylic oxidation sites excluding steroid dienone is 34. The van der Waals surface area contributed by atoms with E-state index in [4.69, 9.17) is 32.3 Å². The van der Waals surface area contributed by atoms with Crippen molar-refractivity contribution in [3.63, 3.8) is 0 Å². The number of hydrogen-bond acceptors (Lipinski definition) is 14. The number of aliphatic hydroxyl groups excluding tert-OH is 2. The summed E-state index contributed by atoms with van der Waals surface area (Å²) >= 11 is 0. The van der Waals surface area contributed by atoms with Crippen molar-refractivity contribution in [2.24, 2.45) is 0 Å². The molecule has 0 fully saturated rings. The lowest BCUT2D eigenvalue weighted by Crippen LogP contribution is -2.30. The maximum absolute atomic E-state index is 13.1. The van der Waals surface area contributed by atoms with Crippen LogP contribution in [0.1, 0.15) is 406 Å². The Morgan fingerprint density at radius 2 is 0.394 bits per heavy atom. The second-order valence-electron chi connectivity index (χ2n) is 33.1. The number of unbranched alkanes of at least 4 members (excludes halogenated alkanes) is 37. The number of phosphoric ester groups is 2. The number of carbonyl (C=O) groups excluding carboxylic acids is 3. The van der Waals surface area contributed by atoms with Crippen LogP contribution >= 0.6 is 15.6 Å². The van der Waals surface area contributed by atoms with Gasteiger partial charge in [0.2, 0.25) is 0 Å². The van der Waals surface area contributed by atoms with Gasteiger partial charge in [0.15, 0.2) is 6.10 Å². The van der Waals surface area contributed by atoms with Crippen LogP contribution in [0.15, 0.2) is 207 Å². The summed E-state index contributed by atoms with van der Waals surface area (Å²) < 4.78 is 61.6.